The smallest absolute Gasteiger partial charge is 0.117 e. The van der Waals surface area contributed by atoms with E-state index in [0.29, 0.717) is 0 Å². The molecule has 0 aliphatic carbocycles. The van der Waals surface area contributed by atoms with E-state index in [1.54, 1.807) is 6.20 Å². The number of rotatable bonds is 0. The van der Waals surface area contributed by atoms with Crippen molar-refractivity contribution in [2.75, 3.05) is 0 Å². The summed E-state index contributed by atoms with van der Waals surface area (Å²) in [4.78, 5) is 0. The standard InChI is InChI=1S/C9H8NO/c1-7-9-5-3-2-4-8(9)6-10(7)11/h3-6,10H,1H3. The van der Waals surface area contributed by atoms with Gasteiger partial charge in [-0.05, 0) is 18.2 Å². The van der Waals surface area contributed by atoms with Crippen molar-refractivity contribution in [2.45, 2.75) is 6.92 Å². The Morgan fingerprint density at radius 1 is 1.55 bits per heavy atom. The number of fused-ring (bicyclic) bond motifs is 1. The number of nitrogens with one attached hydrogen (secondary N) is 1. The Bertz CT molecular complexity index is 394. The van der Waals surface area contributed by atoms with Gasteiger partial charge in [-0.15, -0.1) is 0 Å². The zero-order chi connectivity index (χ0) is 7.84. The van der Waals surface area contributed by atoms with Gasteiger partial charge in [0, 0.05) is 17.4 Å². The molecule has 2 heteroatoms. The maximum atomic E-state index is 11.1. The number of benzene rings is 1. The van der Waals surface area contributed by atoms with E-state index in [2.05, 4.69) is 6.07 Å². The Morgan fingerprint density at radius 3 is 3.09 bits per heavy atom. The van der Waals surface area contributed by atoms with E-state index in [4.69, 9.17) is 0 Å². The van der Waals surface area contributed by atoms with Crippen LogP contribution >= 0.6 is 0 Å². The highest BCUT2D eigenvalue weighted by molar-refractivity contribution is 5.42. The molecular formula is C9H8NO. The monoisotopic (exact) mass is 146 g/mol. The van der Waals surface area contributed by atoms with Crippen LogP contribution in [0.25, 0.3) is 11.9 Å². The van der Waals surface area contributed by atoms with Crippen molar-refractivity contribution in [3.05, 3.63) is 39.9 Å². The van der Waals surface area contributed by atoms with Gasteiger partial charge in [-0.2, -0.15) is 0 Å². The zero-order valence-corrected chi connectivity index (χ0v) is 6.22. The van der Waals surface area contributed by atoms with Gasteiger partial charge in [0.2, 0.25) is 0 Å². The highest BCUT2D eigenvalue weighted by Crippen LogP contribution is 1.79. The summed E-state index contributed by atoms with van der Waals surface area (Å²) in [6.45, 7) is 1.85. The summed E-state index contributed by atoms with van der Waals surface area (Å²) < 4.78 is 0. The summed E-state index contributed by atoms with van der Waals surface area (Å²) in [6.07, 6.45) is 1.65. The molecule has 1 aliphatic rings. The summed E-state index contributed by atoms with van der Waals surface area (Å²) in [5.74, 6) is 0. The fraction of sp³-hybridized carbons (Fsp3) is 0.111. The van der Waals surface area contributed by atoms with Crippen LogP contribution in [0.4, 0.5) is 0 Å². The summed E-state index contributed by atoms with van der Waals surface area (Å²) in [6, 6.07) is 8.52. The van der Waals surface area contributed by atoms with Crippen LogP contribution in [0.15, 0.2) is 18.2 Å². The summed E-state index contributed by atoms with van der Waals surface area (Å²) in [5.41, 5.74) is 0.842. The third-order valence-electron chi connectivity index (χ3n) is 1.96. The second-order valence-corrected chi connectivity index (χ2v) is 2.65. The molecule has 0 amide bonds. The molecule has 0 fully saturated rings. The van der Waals surface area contributed by atoms with E-state index >= 15 is 0 Å². The topological polar surface area (TPSA) is 27.5 Å². The third kappa shape index (κ3) is 0.878. The SMILES string of the molecule is CC1=c2cc[c]cc2=C[NH+]1[O-]. The van der Waals surface area contributed by atoms with E-state index in [-0.39, 0.29) is 5.06 Å². The van der Waals surface area contributed by atoms with Crippen molar-refractivity contribution in [3.8, 4) is 0 Å². The highest BCUT2D eigenvalue weighted by atomic mass is 16.5. The molecule has 0 saturated carbocycles. The molecule has 55 valence electrons. The Balaban J connectivity index is 2.89. The van der Waals surface area contributed by atoms with E-state index in [9.17, 15) is 5.21 Å². The molecule has 1 radical (unpaired) electrons. The molecule has 0 aromatic heterocycles. The summed E-state index contributed by atoms with van der Waals surface area (Å²) in [7, 11) is 0. The fourth-order valence-corrected chi connectivity index (χ4v) is 1.29. The maximum Gasteiger partial charge on any atom is 0.117 e. The van der Waals surface area contributed by atoms with Crippen LogP contribution in [0.1, 0.15) is 6.92 Å². The lowest BCUT2D eigenvalue weighted by molar-refractivity contribution is -0.672. The largest absolute Gasteiger partial charge is 0.624 e. The van der Waals surface area contributed by atoms with E-state index < -0.39 is 0 Å². The summed E-state index contributed by atoms with van der Waals surface area (Å²) in [5, 5.41) is 13.3. The van der Waals surface area contributed by atoms with Gasteiger partial charge >= 0.3 is 0 Å². The average molecular weight is 146 g/mol. The lowest BCUT2D eigenvalue weighted by atomic mass is 10.2. The van der Waals surface area contributed by atoms with Gasteiger partial charge < -0.3 is 10.3 Å². The normalized spacial score (nSPS) is 21.3. The Hall–Kier alpha value is -1.12. The first-order valence-electron chi connectivity index (χ1n) is 3.52. The molecule has 1 N–H and O–H groups in total. The minimum Gasteiger partial charge on any atom is -0.624 e. The second kappa shape index (κ2) is 2.19. The van der Waals surface area contributed by atoms with E-state index in [1.165, 1.54) is 0 Å². The van der Waals surface area contributed by atoms with Crippen molar-refractivity contribution in [1.29, 1.82) is 0 Å². The molecule has 2 rings (SSSR count). The Kier molecular flexibility index (Phi) is 1.31. The Morgan fingerprint density at radius 2 is 2.36 bits per heavy atom. The molecule has 11 heavy (non-hydrogen) atoms. The molecular weight excluding hydrogens is 138 g/mol. The predicted molar refractivity (Wildman–Crippen MR) is 42.4 cm³/mol. The van der Waals surface area contributed by atoms with Crippen molar-refractivity contribution in [3.63, 3.8) is 0 Å². The first-order valence-corrected chi connectivity index (χ1v) is 3.52. The maximum absolute atomic E-state index is 11.1. The molecule has 2 nitrogen and oxygen atoms in total. The van der Waals surface area contributed by atoms with Gasteiger partial charge in [0.25, 0.3) is 0 Å². The first kappa shape index (κ1) is 6.58. The molecule has 0 bridgehead atoms. The minimum absolute atomic E-state index is 0.125. The summed E-state index contributed by atoms with van der Waals surface area (Å²) >= 11 is 0. The van der Waals surface area contributed by atoms with Gasteiger partial charge in [0.05, 0.1) is 0 Å². The highest BCUT2D eigenvalue weighted by Gasteiger charge is 2.06. The number of hydrogen-bond acceptors (Lipinski definition) is 1. The molecule has 1 atom stereocenters. The number of hydrogen-bond donors (Lipinski definition) is 1. The molecule has 1 heterocycles. The van der Waals surface area contributed by atoms with Gasteiger partial charge in [-0.25, -0.2) is 0 Å². The lowest BCUT2D eigenvalue weighted by Gasteiger charge is -2.12. The van der Waals surface area contributed by atoms with Crippen molar-refractivity contribution in [1.82, 2.24) is 0 Å². The molecule has 1 aromatic rings. The van der Waals surface area contributed by atoms with Gasteiger partial charge in [-0.3, -0.25) is 0 Å². The molecule has 1 aliphatic heterocycles. The molecule has 0 saturated heterocycles. The quantitative estimate of drug-likeness (QED) is 0.455. The number of hydroxylamine groups is 2. The predicted octanol–water partition coefficient (Wildman–Crippen LogP) is -1.25. The van der Waals surface area contributed by atoms with Gasteiger partial charge in [0.1, 0.15) is 11.9 Å². The Labute approximate surface area is 64.6 Å². The van der Waals surface area contributed by atoms with Crippen molar-refractivity contribution < 1.29 is 5.06 Å². The van der Waals surface area contributed by atoms with Gasteiger partial charge in [0.15, 0.2) is 0 Å². The van der Waals surface area contributed by atoms with Crippen LogP contribution in [0.3, 0.4) is 0 Å². The minimum atomic E-state index is 0.125. The van der Waals surface area contributed by atoms with Crippen LogP contribution in [-0.2, 0) is 0 Å². The molecule has 1 aromatic carbocycles. The van der Waals surface area contributed by atoms with E-state index in [1.807, 2.05) is 25.1 Å². The van der Waals surface area contributed by atoms with Crippen molar-refractivity contribution >= 4 is 11.9 Å². The zero-order valence-electron chi connectivity index (χ0n) is 6.22. The lowest BCUT2D eigenvalue weighted by Crippen LogP contribution is -2.97. The van der Waals surface area contributed by atoms with Crippen LogP contribution in [0, 0.1) is 11.3 Å². The molecule has 1 unspecified atom stereocenters. The average Bonchev–Trinajstić information content (AvgIpc) is 2.30. The van der Waals surface area contributed by atoms with Crippen molar-refractivity contribution in [2.24, 2.45) is 0 Å². The fourth-order valence-electron chi connectivity index (χ4n) is 1.29. The van der Waals surface area contributed by atoms with Crippen LogP contribution in [-0.4, -0.2) is 0 Å². The van der Waals surface area contributed by atoms with Gasteiger partial charge in [-0.1, -0.05) is 6.07 Å². The van der Waals surface area contributed by atoms with E-state index in [0.717, 1.165) is 16.1 Å². The van der Waals surface area contributed by atoms with Crippen LogP contribution < -0.4 is 15.5 Å². The molecule has 0 spiro atoms. The third-order valence-corrected chi connectivity index (χ3v) is 1.96. The van der Waals surface area contributed by atoms with Crippen LogP contribution in [0.2, 0.25) is 0 Å². The second-order valence-electron chi connectivity index (χ2n) is 2.65. The first-order chi connectivity index (χ1) is 5.29. The van der Waals surface area contributed by atoms with Crippen LogP contribution in [0.5, 0.6) is 0 Å². The number of quaternary nitrogens is 1.